The third-order valence-electron chi connectivity index (χ3n) is 8.45. The van der Waals surface area contributed by atoms with Gasteiger partial charge in [-0.2, -0.15) is 0 Å². The zero-order chi connectivity index (χ0) is 32.7. The number of aryl methyl sites for hydroxylation is 2. The number of sulfonamides is 1. The molecule has 5 rings (SSSR count). The summed E-state index contributed by atoms with van der Waals surface area (Å²) in [5, 5.41) is 3.61. The van der Waals surface area contributed by atoms with Crippen molar-refractivity contribution in [3.8, 4) is 0 Å². The Labute approximate surface area is 277 Å². The Kier molecular flexibility index (Phi) is 10.8. The van der Waals surface area contributed by atoms with Gasteiger partial charge in [0.05, 0.1) is 10.6 Å². The molecule has 4 aromatic rings. The number of rotatable bonds is 12. The number of halogens is 1. The first-order chi connectivity index (χ1) is 22.1. The second kappa shape index (κ2) is 15.0. The third-order valence-corrected chi connectivity index (χ3v) is 10.5. The van der Waals surface area contributed by atoms with Gasteiger partial charge in [-0.1, -0.05) is 102 Å². The van der Waals surface area contributed by atoms with E-state index in [-0.39, 0.29) is 29.8 Å². The topological polar surface area (TPSA) is 86.8 Å². The van der Waals surface area contributed by atoms with Gasteiger partial charge in [0, 0.05) is 24.0 Å². The van der Waals surface area contributed by atoms with Crippen LogP contribution in [0.25, 0.3) is 0 Å². The van der Waals surface area contributed by atoms with Crippen LogP contribution in [0.1, 0.15) is 47.9 Å². The van der Waals surface area contributed by atoms with Crippen LogP contribution in [-0.4, -0.2) is 43.8 Å². The average Bonchev–Trinajstić information content (AvgIpc) is 3.56. The molecule has 1 fully saturated rings. The van der Waals surface area contributed by atoms with Crippen LogP contribution in [0, 0.1) is 13.8 Å². The first-order valence-corrected chi connectivity index (χ1v) is 17.5. The molecule has 9 heteroatoms. The number of carbonyl (C=O) groups excluding carboxylic acids is 2. The number of nitrogens with zero attached hydrogens (tertiary/aromatic N) is 2. The van der Waals surface area contributed by atoms with Crippen LogP contribution in [0.15, 0.2) is 108 Å². The maximum absolute atomic E-state index is 14.6. The number of hydrogen-bond acceptors (Lipinski definition) is 4. The monoisotopic (exact) mass is 657 g/mol. The standard InChI is InChI=1S/C37H40ClN3O4S/c1-27-12-16-30(17-13-27)25-40(35(24-29-8-4-3-5-9-29)37(43)39-32-10-6-7-11-32)36(42)26-41(33-20-14-28(2)15-21-33)46(44,45)34-22-18-31(38)19-23-34/h3-5,8-9,12-23,32,35H,6-7,10-11,24-26H2,1-2H3,(H,39,43). The van der Waals surface area contributed by atoms with Gasteiger partial charge in [-0.15, -0.1) is 0 Å². The Morgan fingerprint density at radius 2 is 1.39 bits per heavy atom. The quantitative estimate of drug-likeness (QED) is 0.181. The summed E-state index contributed by atoms with van der Waals surface area (Å²) in [4.78, 5) is 30.2. The largest absolute Gasteiger partial charge is 0.352 e. The van der Waals surface area contributed by atoms with Gasteiger partial charge in [-0.05, 0) is 74.2 Å². The molecule has 1 atom stereocenters. The van der Waals surface area contributed by atoms with Crippen LogP contribution in [-0.2, 0) is 32.6 Å². The molecule has 0 heterocycles. The number of amides is 2. The summed E-state index contributed by atoms with van der Waals surface area (Å²) in [6.45, 7) is 3.54. The molecule has 1 unspecified atom stereocenters. The summed E-state index contributed by atoms with van der Waals surface area (Å²) in [5.41, 5.74) is 4.11. The number of benzene rings is 4. The zero-order valence-corrected chi connectivity index (χ0v) is 27.8. The van der Waals surface area contributed by atoms with Gasteiger partial charge in [0.2, 0.25) is 11.8 Å². The number of hydrogen-bond donors (Lipinski definition) is 1. The number of nitrogens with one attached hydrogen (secondary N) is 1. The van der Waals surface area contributed by atoms with E-state index in [0.29, 0.717) is 10.7 Å². The summed E-state index contributed by atoms with van der Waals surface area (Å²) in [6, 6.07) is 29.5. The normalized spacial score (nSPS) is 14.1. The summed E-state index contributed by atoms with van der Waals surface area (Å²) in [6.07, 6.45) is 4.18. The van der Waals surface area contributed by atoms with Crippen LogP contribution in [0.2, 0.25) is 5.02 Å². The lowest BCUT2D eigenvalue weighted by atomic mass is 10.0. The van der Waals surface area contributed by atoms with Crippen molar-refractivity contribution >= 4 is 39.1 Å². The van der Waals surface area contributed by atoms with E-state index in [4.69, 9.17) is 11.6 Å². The van der Waals surface area contributed by atoms with Crippen molar-refractivity contribution in [2.45, 2.75) is 69.5 Å². The summed E-state index contributed by atoms with van der Waals surface area (Å²) in [7, 11) is -4.19. The van der Waals surface area contributed by atoms with Gasteiger partial charge >= 0.3 is 0 Å². The van der Waals surface area contributed by atoms with E-state index >= 15 is 0 Å². The molecule has 0 aromatic heterocycles. The van der Waals surface area contributed by atoms with Crippen molar-refractivity contribution in [1.29, 1.82) is 0 Å². The molecule has 1 N–H and O–H groups in total. The van der Waals surface area contributed by atoms with Gasteiger partial charge in [-0.25, -0.2) is 8.42 Å². The molecule has 0 bridgehead atoms. The summed E-state index contributed by atoms with van der Waals surface area (Å²) >= 11 is 6.07. The molecule has 0 saturated heterocycles. The van der Waals surface area contributed by atoms with Crippen LogP contribution in [0.4, 0.5) is 5.69 Å². The lowest BCUT2D eigenvalue weighted by molar-refractivity contribution is -0.140. The SMILES string of the molecule is Cc1ccc(CN(C(=O)CN(c2ccc(C)cc2)S(=O)(=O)c2ccc(Cl)cc2)C(Cc2ccccc2)C(=O)NC2CCCC2)cc1. The van der Waals surface area contributed by atoms with Crippen LogP contribution in [0.5, 0.6) is 0 Å². The van der Waals surface area contributed by atoms with E-state index in [1.807, 2.05) is 80.6 Å². The van der Waals surface area contributed by atoms with E-state index in [1.54, 1.807) is 17.0 Å². The second-order valence-corrected chi connectivity index (χ2v) is 14.3. The van der Waals surface area contributed by atoms with Crippen LogP contribution in [0.3, 0.4) is 0 Å². The molecule has 0 spiro atoms. The molecule has 240 valence electrons. The van der Waals surface area contributed by atoms with Gasteiger partial charge in [0.25, 0.3) is 10.0 Å². The van der Waals surface area contributed by atoms with Gasteiger partial charge in [0.15, 0.2) is 0 Å². The van der Waals surface area contributed by atoms with Crippen molar-refractivity contribution in [2.24, 2.45) is 0 Å². The molecular weight excluding hydrogens is 618 g/mol. The minimum absolute atomic E-state index is 0.00942. The van der Waals surface area contributed by atoms with Crippen LogP contribution >= 0.6 is 11.6 Å². The van der Waals surface area contributed by atoms with Crippen molar-refractivity contribution < 1.29 is 18.0 Å². The second-order valence-electron chi connectivity index (χ2n) is 12.0. The molecule has 0 radical (unpaired) electrons. The van der Waals surface area contributed by atoms with Gasteiger partial charge < -0.3 is 10.2 Å². The van der Waals surface area contributed by atoms with Crippen molar-refractivity contribution in [2.75, 3.05) is 10.8 Å². The Morgan fingerprint density at radius 3 is 2.00 bits per heavy atom. The van der Waals surface area contributed by atoms with Gasteiger partial charge in [0.1, 0.15) is 12.6 Å². The predicted octanol–water partition coefficient (Wildman–Crippen LogP) is 6.85. The van der Waals surface area contributed by atoms with E-state index < -0.39 is 28.5 Å². The smallest absolute Gasteiger partial charge is 0.264 e. The average molecular weight is 658 g/mol. The highest BCUT2D eigenvalue weighted by atomic mass is 35.5. The molecule has 2 amide bonds. The fourth-order valence-electron chi connectivity index (χ4n) is 5.79. The highest BCUT2D eigenvalue weighted by molar-refractivity contribution is 7.92. The molecule has 0 aliphatic heterocycles. The summed E-state index contributed by atoms with van der Waals surface area (Å²) in [5.74, 6) is -0.722. The first-order valence-electron chi connectivity index (χ1n) is 15.6. The Hall–Kier alpha value is -4.14. The highest BCUT2D eigenvalue weighted by Gasteiger charge is 2.35. The van der Waals surface area contributed by atoms with E-state index in [0.717, 1.165) is 52.2 Å². The zero-order valence-electron chi connectivity index (χ0n) is 26.2. The van der Waals surface area contributed by atoms with Gasteiger partial charge in [-0.3, -0.25) is 13.9 Å². The highest BCUT2D eigenvalue weighted by Crippen LogP contribution is 2.27. The molecular formula is C37H40ClN3O4S. The van der Waals surface area contributed by atoms with Crippen LogP contribution < -0.4 is 9.62 Å². The maximum Gasteiger partial charge on any atom is 0.264 e. The fraction of sp³-hybridized carbons (Fsp3) is 0.297. The maximum atomic E-state index is 14.6. The van der Waals surface area contributed by atoms with Crippen molar-refractivity contribution in [3.63, 3.8) is 0 Å². The minimum Gasteiger partial charge on any atom is -0.352 e. The van der Waals surface area contributed by atoms with Crippen molar-refractivity contribution in [1.82, 2.24) is 10.2 Å². The summed E-state index contributed by atoms with van der Waals surface area (Å²) < 4.78 is 29.4. The molecule has 4 aromatic carbocycles. The number of anilines is 1. The third kappa shape index (κ3) is 8.36. The molecule has 1 aliphatic rings. The lowest BCUT2D eigenvalue weighted by Crippen LogP contribution is -2.54. The van der Waals surface area contributed by atoms with Crippen molar-refractivity contribution in [3.05, 3.63) is 130 Å². The number of carbonyl (C=O) groups is 2. The minimum atomic E-state index is -4.19. The molecule has 7 nitrogen and oxygen atoms in total. The molecule has 1 aliphatic carbocycles. The van der Waals surface area contributed by atoms with E-state index in [9.17, 15) is 18.0 Å². The fourth-order valence-corrected chi connectivity index (χ4v) is 7.33. The van der Waals surface area contributed by atoms with E-state index in [2.05, 4.69) is 5.32 Å². The Balaban J connectivity index is 1.55. The Morgan fingerprint density at radius 1 is 0.804 bits per heavy atom. The first kappa shape index (κ1) is 33.2. The van der Waals surface area contributed by atoms with E-state index in [1.165, 1.54) is 24.3 Å². The Bertz CT molecular complexity index is 1720. The molecule has 46 heavy (non-hydrogen) atoms. The lowest BCUT2D eigenvalue weighted by Gasteiger charge is -2.34. The molecule has 1 saturated carbocycles. The predicted molar refractivity (Wildman–Crippen MR) is 183 cm³/mol.